The van der Waals surface area contributed by atoms with Crippen molar-refractivity contribution in [1.82, 2.24) is 0 Å². The van der Waals surface area contributed by atoms with Crippen LogP contribution in [0, 0.1) is 0 Å². The third-order valence-corrected chi connectivity index (χ3v) is 9.22. The Balaban J connectivity index is 0.00000364. The Morgan fingerprint density at radius 2 is 0.625 bits per heavy atom. The zero-order chi connectivity index (χ0) is 31.5. The van der Waals surface area contributed by atoms with Crippen LogP contribution in [0.5, 0.6) is 0 Å². The van der Waals surface area contributed by atoms with Gasteiger partial charge in [0.1, 0.15) is 12.1 Å². The first-order valence-electron chi connectivity index (χ1n) is 16.1. The summed E-state index contributed by atoms with van der Waals surface area (Å²) in [6.45, 7) is 0. The van der Waals surface area contributed by atoms with E-state index in [2.05, 4.69) is 146 Å². The second-order valence-electron chi connectivity index (χ2n) is 12.0. The molecule has 0 unspecified atom stereocenters. The molecule has 0 aliphatic carbocycles. The predicted molar refractivity (Wildman–Crippen MR) is 187 cm³/mol. The van der Waals surface area contributed by atoms with E-state index in [-0.39, 0.29) is 28.6 Å². The van der Waals surface area contributed by atoms with Crippen molar-refractivity contribution in [1.29, 1.82) is 0 Å². The molecule has 0 amide bonds. The van der Waals surface area contributed by atoms with Crippen molar-refractivity contribution in [2.45, 2.75) is 29.7 Å². The number of aliphatic imine (C=N–C) groups is 2. The molecule has 2 aliphatic rings. The summed E-state index contributed by atoms with van der Waals surface area (Å²) in [4.78, 5) is 10.7. The summed E-state index contributed by atoms with van der Waals surface area (Å²) in [5.74, 6) is 1.18. The minimum atomic E-state index is -0.868. The molecule has 0 aromatic heterocycles. The maximum Gasteiger partial charge on any atom is 0.195 e. The van der Waals surface area contributed by atoms with Gasteiger partial charge in [-0.1, -0.05) is 182 Å². The van der Waals surface area contributed by atoms with Gasteiger partial charge in [0.15, 0.2) is 23.0 Å². The van der Waals surface area contributed by atoms with E-state index in [0.29, 0.717) is 18.2 Å². The summed E-state index contributed by atoms with van der Waals surface area (Å²) in [5, 5.41) is 0. The van der Waals surface area contributed by atoms with Gasteiger partial charge in [-0.05, 0) is 11.1 Å². The molecule has 2 aliphatic heterocycles. The van der Waals surface area contributed by atoms with Crippen LogP contribution in [-0.2, 0) is 37.2 Å². The summed E-state index contributed by atoms with van der Waals surface area (Å²) in [7, 11) is 0. The molecule has 5 heteroatoms. The molecule has 6 aromatic rings. The zero-order valence-electron chi connectivity index (χ0n) is 26.2. The van der Waals surface area contributed by atoms with Gasteiger partial charge in [0.2, 0.25) is 0 Å². The Hall–Kier alpha value is -5.25. The first-order chi connectivity index (χ1) is 23.3. The first-order valence-corrected chi connectivity index (χ1v) is 16.1. The number of benzene rings is 6. The molecule has 0 N–H and O–H groups in total. The van der Waals surface area contributed by atoms with Crippen molar-refractivity contribution >= 4 is 11.8 Å². The van der Waals surface area contributed by atoms with E-state index in [1.165, 1.54) is 0 Å². The fourth-order valence-electron chi connectivity index (χ4n) is 7.13. The summed E-state index contributed by atoms with van der Waals surface area (Å²) in [6.07, 6.45) is 0.315. The molecule has 0 saturated heterocycles. The van der Waals surface area contributed by atoms with E-state index >= 15 is 0 Å². The Morgan fingerprint density at radius 1 is 0.375 bits per heavy atom. The second-order valence-corrected chi connectivity index (χ2v) is 12.0. The third-order valence-electron chi connectivity index (χ3n) is 9.22. The number of hydrogen-bond acceptors (Lipinski definition) is 4. The van der Waals surface area contributed by atoms with Crippen LogP contribution in [0.25, 0.3) is 0 Å². The monoisotopic (exact) mass is 668 g/mol. The van der Waals surface area contributed by atoms with Crippen molar-refractivity contribution in [2.24, 2.45) is 9.98 Å². The van der Waals surface area contributed by atoms with Gasteiger partial charge in [-0.15, -0.1) is 0 Å². The van der Waals surface area contributed by atoms with E-state index in [9.17, 15) is 0 Å². The maximum atomic E-state index is 7.16. The van der Waals surface area contributed by atoms with Gasteiger partial charge in [0.05, 0.1) is 6.42 Å². The van der Waals surface area contributed by atoms with E-state index in [0.717, 1.165) is 33.4 Å². The van der Waals surface area contributed by atoms with E-state index < -0.39 is 11.2 Å². The number of ether oxygens (including phenoxy) is 2. The Morgan fingerprint density at radius 3 is 0.896 bits per heavy atom. The van der Waals surface area contributed by atoms with Crippen LogP contribution in [0.2, 0.25) is 0 Å². The third kappa shape index (κ3) is 5.45. The summed E-state index contributed by atoms with van der Waals surface area (Å²) >= 11 is 0. The fraction of sp³-hybridized carbons (Fsp3) is 0.116. The quantitative estimate of drug-likeness (QED) is 0.152. The van der Waals surface area contributed by atoms with Crippen LogP contribution in [-0.4, -0.2) is 11.8 Å². The fourth-order valence-corrected chi connectivity index (χ4v) is 7.13. The molecule has 2 atom stereocenters. The summed E-state index contributed by atoms with van der Waals surface area (Å²) in [6, 6.07) is 61.9. The second kappa shape index (κ2) is 13.5. The van der Waals surface area contributed by atoms with Crippen LogP contribution in [0.3, 0.4) is 0 Å². The standard InChI is InChI=1S/C43H34N2O2.Ni/c1-7-19-32(20-8-1)40-42(34-23-11-3-12-24-34,35-25-13-4-14-26-35)46-38(44-40)31-39-45-41(33-21-9-2-10-22-33)43(47-39,36-27-15-5-16-28-36)37-29-17-6-18-30-37;/h1-30,40-41H,31H2;/t40-,41-;/m1./s1. The zero-order valence-corrected chi connectivity index (χ0v) is 27.2. The van der Waals surface area contributed by atoms with Crippen molar-refractivity contribution in [3.63, 3.8) is 0 Å². The molecule has 0 spiro atoms. The van der Waals surface area contributed by atoms with Crippen LogP contribution in [0.4, 0.5) is 0 Å². The molecule has 0 bridgehead atoms. The largest absolute Gasteiger partial charge is 0.462 e. The van der Waals surface area contributed by atoms with E-state index in [4.69, 9.17) is 19.5 Å². The minimum Gasteiger partial charge on any atom is -0.462 e. The van der Waals surface area contributed by atoms with E-state index in [1.807, 2.05) is 36.4 Å². The van der Waals surface area contributed by atoms with Gasteiger partial charge in [0, 0.05) is 38.7 Å². The number of hydrogen-bond donors (Lipinski definition) is 0. The smallest absolute Gasteiger partial charge is 0.195 e. The summed E-state index contributed by atoms with van der Waals surface area (Å²) < 4.78 is 14.3. The van der Waals surface area contributed by atoms with Crippen LogP contribution in [0.15, 0.2) is 192 Å². The van der Waals surface area contributed by atoms with Crippen molar-refractivity contribution < 1.29 is 26.0 Å². The molecule has 238 valence electrons. The van der Waals surface area contributed by atoms with Crippen LogP contribution in [0.1, 0.15) is 51.9 Å². The average Bonchev–Trinajstić information content (AvgIpc) is 3.74. The molecule has 6 aromatic carbocycles. The minimum absolute atomic E-state index is 0. The molecule has 0 radical (unpaired) electrons. The van der Waals surface area contributed by atoms with Gasteiger partial charge < -0.3 is 9.47 Å². The summed E-state index contributed by atoms with van der Waals surface area (Å²) in [5.41, 5.74) is 4.58. The van der Waals surface area contributed by atoms with Gasteiger partial charge in [-0.25, -0.2) is 9.98 Å². The number of nitrogens with zero attached hydrogens (tertiary/aromatic N) is 2. The van der Waals surface area contributed by atoms with Gasteiger partial charge in [-0.3, -0.25) is 0 Å². The maximum absolute atomic E-state index is 7.16. The van der Waals surface area contributed by atoms with Crippen molar-refractivity contribution in [3.8, 4) is 0 Å². The predicted octanol–water partition coefficient (Wildman–Crippen LogP) is 9.60. The normalized spacial score (nSPS) is 18.8. The Labute approximate surface area is 291 Å². The molecule has 0 fully saturated rings. The Kier molecular flexibility index (Phi) is 8.80. The molecule has 8 rings (SSSR count). The van der Waals surface area contributed by atoms with E-state index in [1.54, 1.807) is 0 Å². The molecular formula is C43H34N2NiO2. The average molecular weight is 669 g/mol. The Bertz CT molecular complexity index is 1780. The van der Waals surface area contributed by atoms with Gasteiger partial charge >= 0.3 is 0 Å². The first kappa shape index (κ1) is 31.4. The molecule has 4 nitrogen and oxygen atoms in total. The SMILES string of the molecule is [Ni].c1ccc([C@H]2N=C(CC3=N[C@H](c4ccccc4)C(c4ccccc4)(c4ccccc4)O3)OC2(c2ccccc2)c2ccccc2)cc1. The molecular weight excluding hydrogens is 635 g/mol. The van der Waals surface area contributed by atoms with Crippen molar-refractivity contribution in [3.05, 3.63) is 215 Å². The topological polar surface area (TPSA) is 43.2 Å². The van der Waals surface area contributed by atoms with Gasteiger partial charge in [0.25, 0.3) is 0 Å². The number of rotatable bonds is 8. The molecule has 48 heavy (non-hydrogen) atoms. The van der Waals surface area contributed by atoms with Crippen LogP contribution >= 0.6 is 0 Å². The van der Waals surface area contributed by atoms with Crippen molar-refractivity contribution in [2.75, 3.05) is 0 Å². The molecule has 2 heterocycles. The van der Waals surface area contributed by atoms with Crippen LogP contribution < -0.4 is 0 Å². The van der Waals surface area contributed by atoms with Gasteiger partial charge in [-0.2, -0.15) is 0 Å². The molecule has 0 saturated carbocycles.